The van der Waals surface area contributed by atoms with Gasteiger partial charge in [0.05, 0.1) is 4.90 Å². The van der Waals surface area contributed by atoms with Crippen LogP contribution in [-0.2, 0) is 16.4 Å². The van der Waals surface area contributed by atoms with Crippen LogP contribution in [0.25, 0.3) is 0 Å². The number of sulfonamides is 1. The molecule has 1 heterocycles. The molecular formula is C22H18N2O4S. The second-order valence-electron chi connectivity index (χ2n) is 6.81. The van der Waals surface area contributed by atoms with Crippen molar-refractivity contribution in [2.24, 2.45) is 0 Å². The highest BCUT2D eigenvalue weighted by molar-refractivity contribution is 7.89. The Labute approximate surface area is 168 Å². The van der Waals surface area contributed by atoms with E-state index in [1.54, 1.807) is 36.5 Å². The van der Waals surface area contributed by atoms with Gasteiger partial charge in [-0.1, -0.05) is 30.3 Å². The Morgan fingerprint density at radius 2 is 1.45 bits per heavy atom. The Hall–Kier alpha value is -3.16. The van der Waals surface area contributed by atoms with Crippen LogP contribution in [0.5, 0.6) is 0 Å². The molecular weight excluding hydrogens is 388 g/mol. The molecule has 1 aliphatic rings. The number of ketones is 2. The fraction of sp³-hybridized carbons (Fsp3) is 0.136. The third-order valence-corrected chi connectivity index (χ3v) is 6.87. The van der Waals surface area contributed by atoms with E-state index in [0.717, 1.165) is 5.69 Å². The van der Waals surface area contributed by atoms with E-state index in [9.17, 15) is 18.0 Å². The molecule has 3 aromatic rings. The Morgan fingerprint density at radius 1 is 0.828 bits per heavy atom. The average Bonchev–Trinajstić information content (AvgIpc) is 2.76. The van der Waals surface area contributed by atoms with Gasteiger partial charge in [-0.05, 0) is 30.3 Å². The lowest BCUT2D eigenvalue weighted by atomic mass is 9.84. The zero-order chi connectivity index (χ0) is 20.6. The first-order valence-corrected chi connectivity index (χ1v) is 10.5. The number of carbonyl (C=O) groups is 2. The Kier molecular flexibility index (Phi) is 4.86. The predicted octanol–water partition coefficient (Wildman–Crippen LogP) is 2.72. The minimum absolute atomic E-state index is 0.0136. The number of likely N-dealkylation sites (N-methyl/N-ethyl adjacent to an activating group) is 1. The lowest BCUT2D eigenvalue weighted by molar-refractivity contribution is 0.0979. The maximum Gasteiger partial charge on any atom is 0.242 e. The van der Waals surface area contributed by atoms with Gasteiger partial charge in [0, 0.05) is 54.2 Å². The van der Waals surface area contributed by atoms with Crippen LogP contribution in [0.2, 0.25) is 0 Å². The molecule has 0 unspecified atom stereocenters. The van der Waals surface area contributed by atoms with Gasteiger partial charge in [0.2, 0.25) is 10.0 Å². The van der Waals surface area contributed by atoms with Crippen molar-refractivity contribution in [1.29, 1.82) is 0 Å². The maximum atomic E-state index is 13.0. The number of hydrogen-bond acceptors (Lipinski definition) is 5. The Morgan fingerprint density at radius 3 is 2.10 bits per heavy atom. The molecule has 0 spiro atoms. The number of pyridine rings is 1. The Balaban J connectivity index is 1.64. The first kappa shape index (κ1) is 19.2. The summed E-state index contributed by atoms with van der Waals surface area (Å²) in [5, 5.41) is 0. The zero-order valence-corrected chi connectivity index (χ0v) is 16.5. The van der Waals surface area contributed by atoms with Gasteiger partial charge < -0.3 is 0 Å². The van der Waals surface area contributed by atoms with Gasteiger partial charge >= 0.3 is 0 Å². The number of nitrogens with zero attached hydrogens (tertiary/aromatic N) is 2. The second-order valence-corrected chi connectivity index (χ2v) is 8.85. The monoisotopic (exact) mass is 406 g/mol. The summed E-state index contributed by atoms with van der Waals surface area (Å²) < 4.78 is 27.2. The highest BCUT2D eigenvalue weighted by Gasteiger charge is 2.31. The quantitative estimate of drug-likeness (QED) is 0.509. The highest BCUT2D eigenvalue weighted by atomic mass is 32.2. The van der Waals surface area contributed by atoms with E-state index in [0.29, 0.717) is 17.5 Å². The lowest BCUT2D eigenvalue weighted by Crippen LogP contribution is -2.30. The molecule has 1 aromatic heterocycles. The van der Waals surface area contributed by atoms with Crippen molar-refractivity contribution in [2.45, 2.75) is 11.3 Å². The molecule has 146 valence electrons. The normalized spacial score (nSPS) is 13.3. The van der Waals surface area contributed by atoms with Gasteiger partial charge in [-0.25, -0.2) is 12.7 Å². The van der Waals surface area contributed by atoms with E-state index in [1.807, 2.05) is 12.1 Å². The van der Waals surface area contributed by atoms with Gasteiger partial charge in [-0.3, -0.25) is 14.6 Å². The van der Waals surface area contributed by atoms with E-state index >= 15 is 0 Å². The number of hydrogen-bond donors (Lipinski definition) is 0. The van der Waals surface area contributed by atoms with Crippen molar-refractivity contribution in [1.82, 2.24) is 9.29 Å². The van der Waals surface area contributed by atoms with E-state index in [1.165, 1.54) is 29.6 Å². The molecule has 4 rings (SSSR count). The minimum Gasteiger partial charge on any atom is -0.289 e. The fourth-order valence-corrected chi connectivity index (χ4v) is 4.56. The van der Waals surface area contributed by atoms with Gasteiger partial charge in [-0.15, -0.1) is 0 Å². The third-order valence-electron chi connectivity index (χ3n) is 5.01. The maximum absolute atomic E-state index is 13.0. The summed E-state index contributed by atoms with van der Waals surface area (Å²) in [6.45, 7) is 0.242. The second kappa shape index (κ2) is 7.35. The minimum atomic E-state index is -3.82. The molecule has 6 nitrogen and oxygen atoms in total. The van der Waals surface area contributed by atoms with Gasteiger partial charge in [0.15, 0.2) is 11.6 Å². The zero-order valence-electron chi connectivity index (χ0n) is 15.7. The number of carbonyl (C=O) groups excluding carboxylic acids is 2. The molecule has 0 bridgehead atoms. The molecule has 0 amide bonds. The summed E-state index contributed by atoms with van der Waals surface area (Å²) in [4.78, 5) is 29.7. The predicted molar refractivity (Wildman–Crippen MR) is 108 cm³/mol. The van der Waals surface area contributed by atoms with Gasteiger partial charge in [0.1, 0.15) is 0 Å². The van der Waals surface area contributed by atoms with Crippen molar-refractivity contribution >= 4 is 21.6 Å². The van der Waals surface area contributed by atoms with E-state index in [-0.39, 0.29) is 34.1 Å². The summed E-state index contributed by atoms with van der Waals surface area (Å²) in [7, 11) is -2.33. The molecule has 0 atom stereocenters. The van der Waals surface area contributed by atoms with Crippen molar-refractivity contribution in [3.05, 3.63) is 94.8 Å². The molecule has 0 fully saturated rings. The Bertz CT molecular complexity index is 1220. The van der Waals surface area contributed by atoms with Crippen LogP contribution < -0.4 is 0 Å². The van der Waals surface area contributed by atoms with Crippen LogP contribution in [0, 0.1) is 0 Å². The SMILES string of the molecule is CN(CCc1ccccn1)S(=O)(=O)c1ccc2c(c1)C(=O)c1ccccc1C2=O. The number of fused-ring (bicyclic) bond motifs is 2. The van der Waals surface area contributed by atoms with Crippen molar-refractivity contribution in [3.8, 4) is 0 Å². The third kappa shape index (κ3) is 3.39. The van der Waals surface area contributed by atoms with Gasteiger partial charge in [0.25, 0.3) is 0 Å². The standard InChI is InChI=1S/C22H18N2O4S/c1-24(13-11-15-6-4-5-12-23-15)29(27,28)16-9-10-19-20(14-16)22(26)18-8-3-2-7-17(18)21(19)25/h2-10,12,14H,11,13H2,1H3. The van der Waals surface area contributed by atoms with Crippen LogP contribution in [-0.4, -0.2) is 42.9 Å². The smallest absolute Gasteiger partial charge is 0.242 e. The van der Waals surface area contributed by atoms with Crippen LogP contribution in [0.4, 0.5) is 0 Å². The molecule has 0 aliphatic heterocycles. The summed E-state index contributed by atoms with van der Waals surface area (Å²) >= 11 is 0. The summed E-state index contributed by atoms with van der Waals surface area (Å²) in [5.41, 5.74) is 1.77. The van der Waals surface area contributed by atoms with Crippen molar-refractivity contribution in [3.63, 3.8) is 0 Å². The average molecular weight is 406 g/mol. The largest absolute Gasteiger partial charge is 0.289 e. The van der Waals surface area contributed by atoms with Crippen LogP contribution in [0.1, 0.15) is 37.5 Å². The lowest BCUT2D eigenvalue weighted by Gasteiger charge is -2.20. The number of aromatic nitrogens is 1. The summed E-state index contributed by atoms with van der Waals surface area (Å²) in [6, 6.07) is 16.2. The highest BCUT2D eigenvalue weighted by Crippen LogP contribution is 2.29. The molecule has 1 aliphatic carbocycles. The number of benzene rings is 2. The molecule has 0 saturated carbocycles. The van der Waals surface area contributed by atoms with Crippen LogP contribution >= 0.6 is 0 Å². The summed E-state index contributed by atoms with van der Waals surface area (Å²) in [5.74, 6) is -0.619. The van der Waals surface area contributed by atoms with E-state index in [2.05, 4.69) is 4.98 Å². The number of rotatable bonds is 5. The molecule has 2 aromatic carbocycles. The summed E-state index contributed by atoms with van der Waals surface area (Å²) in [6.07, 6.45) is 2.13. The topological polar surface area (TPSA) is 84.4 Å². The molecule has 7 heteroatoms. The van der Waals surface area contributed by atoms with Crippen LogP contribution in [0.15, 0.2) is 71.8 Å². The van der Waals surface area contributed by atoms with Crippen molar-refractivity contribution < 1.29 is 18.0 Å². The van der Waals surface area contributed by atoms with E-state index < -0.39 is 10.0 Å². The molecule has 0 saturated heterocycles. The van der Waals surface area contributed by atoms with Crippen molar-refractivity contribution in [2.75, 3.05) is 13.6 Å². The fourth-order valence-electron chi connectivity index (χ4n) is 3.36. The molecule has 29 heavy (non-hydrogen) atoms. The van der Waals surface area contributed by atoms with Crippen LogP contribution in [0.3, 0.4) is 0 Å². The van der Waals surface area contributed by atoms with Gasteiger partial charge in [-0.2, -0.15) is 0 Å². The molecule has 0 radical (unpaired) electrons. The first-order chi connectivity index (χ1) is 13.9. The van der Waals surface area contributed by atoms with E-state index in [4.69, 9.17) is 0 Å². The first-order valence-electron chi connectivity index (χ1n) is 9.08. The molecule has 0 N–H and O–H groups in total.